The van der Waals surface area contributed by atoms with Crippen molar-refractivity contribution >= 4 is 5.91 Å². The van der Waals surface area contributed by atoms with Gasteiger partial charge >= 0.3 is 0 Å². The molecule has 0 aromatic rings. The number of carbonyl (C=O) groups is 1. The molecule has 0 radical (unpaired) electrons. The summed E-state index contributed by atoms with van der Waals surface area (Å²) in [6.45, 7) is 17.7. The van der Waals surface area contributed by atoms with Crippen molar-refractivity contribution < 1.29 is 4.79 Å². The van der Waals surface area contributed by atoms with Crippen LogP contribution in [0.3, 0.4) is 0 Å². The summed E-state index contributed by atoms with van der Waals surface area (Å²) in [7, 11) is 0. The standard InChI is InChI=1S/C17H35N3O/c1-6-19(7-2)12-13-20(14-15(3)4)16(21)17(5)8-10-18-11-9-17/h15,18H,6-14H2,1-5H3. The number of likely N-dealkylation sites (N-methyl/N-ethyl adjacent to an activating group) is 1. The zero-order valence-corrected chi connectivity index (χ0v) is 14.7. The predicted octanol–water partition coefficient (Wildman–Crippen LogP) is 2.20. The number of rotatable bonds is 8. The molecule has 0 aromatic heterocycles. The van der Waals surface area contributed by atoms with Crippen LogP contribution < -0.4 is 5.32 Å². The summed E-state index contributed by atoms with van der Waals surface area (Å²) in [6.07, 6.45) is 1.93. The lowest BCUT2D eigenvalue weighted by Gasteiger charge is -2.38. The summed E-state index contributed by atoms with van der Waals surface area (Å²) < 4.78 is 0. The van der Waals surface area contributed by atoms with Crippen LogP contribution in [0.5, 0.6) is 0 Å². The maximum Gasteiger partial charge on any atom is 0.228 e. The van der Waals surface area contributed by atoms with Crippen molar-refractivity contribution in [3.63, 3.8) is 0 Å². The van der Waals surface area contributed by atoms with Gasteiger partial charge in [-0.1, -0.05) is 34.6 Å². The minimum absolute atomic E-state index is 0.163. The number of piperidine rings is 1. The van der Waals surface area contributed by atoms with Gasteiger partial charge in [0.15, 0.2) is 0 Å². The zero-order chi connectivity index (χ0) is 15.9. The van der Waals surface area contributed by atoms with E-state index in [1.165, 1.54) is 0 Å². The molecule has 0 saturated carbocycles. The molecule has 0 atom stereocenters. The van der Waals surface area contributed by atoms with Crippen molar-refractivity contribution in [2.45, 2.75) is 47.5 Å². The van der Waals surface area contributed by atoms with Gasteiger partial charge in [-0.3, -0.25) is 4.79 Å². The van der Waals surface area contributed by atoms with Crippen molar-refractivity contribution in [3.05, 3.63) is 0 Å². The molecule has 1 aliphatic heterocycles. The molecule has 4 heteroatoms. The van der Waals surface area contributed by atoms with E-state index in [0.717, 1.165) is 58.7 Å². The quantitative estimate of drug-likeness (QED) is 0.746. The highest BCUT2D eigenvalue weighted by atomic mass is 16.2. The number of carbonyl (C=O) groups excluding carboxylic acids is 1. The molecule has 1 aliphatic rings. The molecule has 0 spiro atoms. The van der Waals surface area contributed by atoms with Crippen LogP contribution in [0, 0.1) is 11.3 Å². The highest BCUT2D eigenvalue weighted by Crippen LogP contribution is 2.30. The van der Waals surface area contributed by atoms with Gasteiger partial charge in [0, 0.05) is 25.0 Å². The second-order valence-electron chi connectivity index (χ2n) is 6.98. The number of nitrogens with zero attached hydrogens (tertiary/aromatic N) is 2. The van der Waals surface area contributed by atoms with Gasteiger partial charge in [-0.2, -0.15) is 0 Å². The fourth-order valence-corrected chi connectivity index (χ4v) is 3.09. The monoisotopic (exact) mass is 297 g/mol. The largest absolute Gasteiger partial charge is 0.341 e. The first-order chi connectivity index (χ1) is 9.92. The normalized spacial score (nSPS) is 18.2. The van der Waals surface area contributed by atoms with E-state index in [1.54, 1.807) is 0 Å². The molecule has 21 heavy (non-hydrogen) atoms. The van der Waals surface area contributed by atoms with Gasteiger partial charge in [0.2, 0.25) is 5.91 Å². The Hall–Kier alpha value is -0.610. The van der Waals surface area contributed by atoms with Gasteiger partial charge in [0.25, 0.3) is 0 Å². The molecule has 0 bridgehead atoms. The van der Waals surface area contributed by atoms with Crippen LogP contribution in [-0.4, -0.2) is 61.5 Å². The van der Waals surface area contributed by atoms with Crippen LogP contribution in [0.1, 0.15) is 47.5 Å². The third kappa shape index (κ3) is 5.59. The van der Waals surface area contributed by atoms with Crippen molar-refractivity contribution in [1.82, 2.24) is 15.1 Å². The Morgan fingerprint density at radius 1 is 1.14 bits per heavy atom. The number of hydrogen-bond acceptors (Lipinski definition) is 3. The molecule has 0 aromatic carbocycles. The van der Waals surface area contributed by atoms with E-state index in [9.17, 15) is 4.79 Å². The summed E-state index contributed by atoms with van der Waals surface area (Å²) in [4.78, 5) is 17.5. The summed E-state index contributed by atoms with van der Waals surface area (Å²) >= 11 is 0. The summed E-state index contributed by atoms with van der Waals surface area (Å²) in [5.41, 5.74) is -0.163. The van der Waals surface area contributed by atoms with E-state index in [0.29, 0.717) is 11.8 Å². The smallest absolute Gasteiger partial charge is 0.228 e. The van der Waals surface area contributed by atoms with Crippen molar-refractivity contribution in [1.29, 1.82) is 0 Å². The SMILES string of the molecule is CCN(CC)CCN(CC(C)C)C(=O)C1(C)CCNCC1. The van der Waals surface area contributed by atoms with E-state index < -0.39 is 0 Å². The molecule has 0 aliphatic carbocycles. The molecular weight excluding hydrogens is 262 g/mol. The molecular formula is C17H35N3O. The first kappa shape index (κ1) is 18.4. The number of amides is 1. The van der Waals surface area contributed by atoms with Crippen molar-refractivity contribution in [2.24, 2.45) is 11.3 Å². The van der Waals surface area contributed by atoms with E-state index in [1.807, 2.05) is 0 Å². The Kier molecular flexibility index (Phi) is 7.67. The Bertz CT molecular complexity index is 307. The van der Waals surface area contributed by atoms with Crippen LogP contribution >= 0.6 is 0 Å². The van der Waals surface area contributed by atoms with Gasteiger partial charge in [0.05, 0.1) is 0 Å². The fourth-order valence-electron chi connectivity index (χ4n) is 3.09. The lowest BCUT2D eigenvalue weighted by atomic mass is 9.79. The highest BCUT2D eigenvalue weighted by Gasteiger charge is 2.37. The first-order valence-electron chi connectivity index (χ1n) is 8.65. The number of hydrogen-bond donors (Lipinski definition) is 1. The Morgan fingerprint density at radius 3 is 2.19 bits per heavy atom. The lowest BCUT2D eigenvalue weighted by molar-refractivity contribution is -0.143. The average Bonchev–Trinajstić information content (AvgIpc) is 2.46. The van der Waals surface area contributed by atoms with Gasteiger partial charge in [-0.15, -0.1) is 0 Å². The van der Waals surface area contributed by atoms with Crippen LogP contribution in [0.25, 0.3) is 0 Å². The second-order valence-corrected chi connectivity index (χ2v) is 6.98. The molecule has 1 amide bonds. The number of nitrogens with one attached hydrogen (secondary N) is 1. The van der Waals surface area contributed by atoms with E-state index >= 15 is 0 Å². The second kappa shape index (κ2) is 8.74. The van der Waals surface area contributed by atoms with Gasteiger partial charge < -0.3 is 15.1 Å². The molecule has 1 N–H and O–H groups in total. The molecule has 0 unspecified atom stereocenters. The minimum atomic E-state index is -0.163. The van der Waals surface area contributed by atoms with Gasteiger partial charge in [-0.05, 0) is 44.9 Å². The van der Waals surface area contributed by atoms with Crippen LogP contribution in [-0.2, 0) is 4.79 Å². The summed E-state index contributed by atoms with van der Waals surface area (Å²) in [5.74, 6) is 0.890. The van der Waals surface area contributed by atoms with Crippen molar-refractivity contribution in [2.75, 3.05) is 45.8 Å². The minimum Gasteiger partial charge on any atom is -0.341 e. The van der Waals surface area contributed by atoms with Crippen LogP contribution in [0.15, 0.2) is 0 Å². The Morgan fingerprint density at radius 2 is 1.71 bits per heavy atom. The maximum absolute atomic E-state index is 13.0. The van der Waals surface area contributed by atoms with Gasteiger partial charge in [-0.25, -0.2) is 0 Å². The molecule has 1 saturated heterocycles. The average molecular weight is 297 g/mol. The van der Waals surface area contributed by atoms with E-state index in [-0.39, 0.29) is 5.41 Å². The molecule has 4 nitrogen and oxygen atoms in total. The van der Waals surface area contributed by atoms with E-state index in [2.05, 4.69) is 49.7 Å². The fraction of sp³-hybridized carbons (Fsp3) is 0.941. The first-order valence-corrected chi connectivity index (χ1v) is 8.65. The molecule has 1 fully saturated rings. The maximum atomic E-state index is 13.0. The third-order valence-corrected chi connectivity index (χ3v) is 4.68. The summed E-state index contributed by atoms with van der Waals surface area (Å²) in [5, 5.41) is 3.36. The van der Waals surface area contributed by atoms with Crippen LogP contribution in [0.2, 0.25) is 0 Å². The zero-order valence-electron chi connectivity index (χ0n) is 14.7. The molecule has 124 valence electrons. The van der Waals surface area contributed by atoms with E-state index in [4.69, 9.17) is 0 Å². The lowest BCUT2D eigenvalue weighted by Crippen LogP contribution is -2.50. The topological polar surface area (TPSA) is 35.6 Å². The highest BCUT2D eigenvalue weighted by molar-refractivity contribution is 5.82. The summed E-state index contributed by atoms with van der Waals surface area (Å²) in [6, 6.07) is 0. The Balaban J connectivity index is 2.68. The van der Waals surface area contributed by atoms with Crippen molar-refractivity contribution in [3.8, 4) is 0 Å². The van der Waals surface area contributed by atoms with Gasteiger partial charge in [0.1, 0.15) is 0 Å². The molecule has 1 rings (SSSR count). The van der Waals surface area contributed by atoms with Crippen LogP contribution in [0.4, 0.5) is 0 Å². The molecule has 1 heterocycles. The third-order valence-electron chi connectivity index (χ3n) is 4.68. The predicted molar refractivity (Wildman–Crippen MR) is 89.4 cm³/mol. The Labute approximate surface area is 131 Å².